The van der Waals surface area contributed by atoms with E-state index in [1.165, 1.54) is 0 Å². The van der Waals surface area contributed by atoms with E-state index < -0.39 is 85.4 Å². The predicted octanol–water partition coefficient (Wildman–Crippen LogP) is 5.30. The molecule has 15 nitrogen and oxygen atoms in total. The van der Waals surface area contributed by atoms with Gasteiger partial charge in [-0.25, -0.2) is 9.59 Å². The summed E-state index contributed by atoms with van der Waals surface area (Å²) in [6.45, 7) is 10.4. The highest BCUT2D eigenvalue weighted by atomic mass is 131. The number of anilines is 1. The van der Waals surface area contributed by atoms with Crippen molar-refractivity contribution in [3.05, 3.63) is 39.0 Å². The highest BCUT2D eigenvalue weighted by Gasteiger charge is 2.68. The maximum atomic E-state index is 12.9. The topological polar surface area (TPSA) is 215 Å². The maximum Gasteiger partial charge on any atom is 0.338 e. The molecule has 0 radical (unpaired) electrons. The summed E-state index contributed by atoms with van der Waals surface area (Å²) in [5, 5.41) is 46.3. The van der Waals surface area contributed by atoms with E-state index in [0.717, 1.165) is 63.4 Å². The first-order valence-corrected chi connectivity index (χ1v) is 24.8. The van der Waals surface area contributed by atoms with E-state index in [1.807, 2.05) is 29.5 Å². The first-order valence-electron chi connectivity index (χ1n) is 23.7. The second kappa shape index (κ2) is 18.2. The third-order valence-corrected chi connectivity index (χ3v) is 18.2. The first kappa shape index (κ1) is 47.1. The van der Waals surface area contributed by atoms with E-state index in [4.69, 9.17) is 43.6 Å². The van der Waals surface area contributed by atoms with Gasteiger partial charge in [0.1, 0.15) is 18.8 Å². The van der Waals surface area contributed by atoms with Gasteiger partial charge in [-0.1, -0.05) is 13.8 Å². The standard InChI is InChI=1S/C48H68INO14/c1-23-42(62-40-20-36(52)43(24(2)59-40)63-41-21-37(53)44(25(3)60-41)64-45(55)26-6-9-34(50)33(49)16-26)35(51)19-39(58-23)61-29-10-13-46(4)28(18-29)7-8-32-31(46)11-14-47(5)30(12-15-48(32,47)56)27-17-38(54)57-22-27/h6,9,16-17,23-25,28-32,35-37,39-44,51-53,56H,7-8,10-15,18-22,50H2,1-5H3/i49+4. The summed E-state index contributed by atoms with van der Waals surface area (Å²) in [5.74, 6) is 0.467. The number of cyclic esters (lactones) is 1. The Balaban J connectivity index is 0.733. The van der Waals surface area contributed by atoms with Gasteiger partial charge in [-0.2, -0.15) is 0 Å². The SMILES string of the molecule is CC1OC(OC2C(O)CC(OC3C(O)CC(OC4CCC5(C)C(CCC6C5CCC5(C)C(C7=CC(=O)OC7)CCC65O)C4)OC3C)OC2C)CC(O)C1OC(=O)c1ccc(N)c([131I])c1. The minimum atomic E-state index is -1.07. The van der Waals surface area contributed by atoms with Gasteiger partial charge >= 0.3 is 11.9 Å². The van der Waals surface area contributed by atoms with Crippen molar-refractivity contribution < 1.29 is 67.9 Å². The maximum absolute atomic E-state index is 12.9. The summed E-state index contributed by atoms with van der Waals surface area (Å²) < 4.78 is 49.3. The fourth-order valence-electron chi connectivity index (χ4n) is 13.8. The third kappa shape index (κ3) is 8.59. The monoisotopic (exact) mass is 1010 g/mol. The Hall–Kier alpha value is -1.97. The number of ether oxygens (including phenoxy) is 8. The summed E-state index contributed by atoms with van der Waals surface area (Å²) in [7, 11) is 0. The summed E-state index contributed by atoms with van der Waals surface area (Å²) in [6.07, 6.45) is 1.03. The largest absolute Gasteiger partial charge is 0.458 e. The van der Waals surface area contributed by atoms with E-state index in [0.29, 0.717) is 33.3 Å². The molecule has 0 amide bonds. The lowest BCUT2D eigenvalue weighted by molar-refractivity contribution is -0.336. The molecule has 7 fully saturated rings. The van der Waals surface area contributed by atoms with E-state index in [2.05, 4.69) is 13.8 Å². The van der Waals surface area contributed by atoms with Crippen LogP contribution in [-0.2, 0) is 42.7 Å². The van der Waals surface area contributed by atoms with Crippen LogP contribution in [0.15, 0.2) is 29.8 Å². The van der Waals surface area contributed by atoms with Crippen LogP contribution in [0.5, 0.6) is 0 Å². The molecule has 4 heterocycles. The molecular formula is C48H68INO14. The number of fused-ring (bicyclic) bond motifs is 5. The smallest absolute Gasteiger partial charge is 0.338 e. The average Bonchev–Trinajstić information content (AvgIpc) is 3.79. The third-order valence-electron chi connectivity index (χ3n) is 17.3. The van der Waals surface area contributed by atoms with Crippen LogP contribution in [0, 0.1) is 38.1 Å². The van der Waals surface area contributed by atoms with Crippen LogP contribution in [-0.4, -0.2) is 124 Å². The lowest BCUT2D eigenvalue weighted by Gasteiger charge is -2.64. The molecule has 4 saturated carbocycles. The van der Waals surface area contributed by atoms with Gasteiger partial charge in [0.15, 0.2) is 25.0 Å². The fraction of sp³-hybridized carbons (Fsp3) is 0.792. The van der Waals surface area contributed by atoms with E-state index >= 15 is 0 Å². The Kier molecular flexibility index (Phi) is 13.4. The molecule has 4 aliphatic carbocycles. The second-order valence-electron chi connectivity index (χ2n) is 20.9. The molecule has 8 aliphatic rings. The van der Waals surface area contributed by atoms with Crippen LogP contribution in [0.4, 0.5) is 5.69 Å². The lowest BCUT2D eigenvalue weighted by atomic mass is 9.43. The average molecular weight is 1010 g/mol. The molecule has 3 saturated heterocycles. The van der Waals surface area contributed by atoms with Crippen molar-refractivity contribution in [2.24, 2.45) is 34.5 Å². The molecule has 9 rings (SSSR count). The Morgan fingerprint density at radius 1 is 0.766 bits per heavy atom. The number of hydrogen-bond donors (Lipinski definition) is 5. The van der Waals surface area contributed by atoms with Gasteiger partial charge in [0.05, 0.1) is 53.9 Å². The molecule has 1 aromatic rings. The number of aliphatic hydroxyl groups is 4. The van der Waals surface area contributed by atoms with Gasteiger partial charge in [0.25, 0.3) is 0 Å². The van der Waals surface area contributed by atoms with Crippen molar-refractivity contribution in [1.29, 1.82) is 0 Å². The number of carbonyl (C=O) groups excluding carboxylic acids is 2. The number of rotatable bonds is 9. The van der Waals surface area contributed by atoms with Gasteiger partial charge in [0.2, 0.25) is 0 Å². The first-order chi connectivity index (χ1) is 30.4. The molecule has 356 valence electrons. The summed E-state index contributed by atoms with van der Waals surface area (Å²) >= 11 is 2.04. The number of nitrogens with two attached hydrogens (primary N) is 1. The Bertz CT molecular complexity index is 1900. The van der Waals surface area contributed by atoms with E-state index in [-0.39, 0.29) is 54.0 Å². The Morgan fingerprint density at radius 2 is 1.38 bits per heavy atom. The van der Waals surface area contributed by atoms with Gasteiger partial charge in [0, 0.05) is 40.0 Å². The van der Waals surface area contributed by atoms with Crippen molar-refractivity contribution >= 4 is 40.2 Å². The molecule has 1 aromatic carbocycles. The van der Waals surface area contributed by atoms with Crippen molar-refractivity contribution in [2.45, 2.75) is 197 Å². The van der Waals surface area contributed by atoms with Crippen molar-refractivity contribution in [2.75, 3.05) is 12.3 Å². The molecule has 16 heteroatoms. The number of benzene rings is 1. The number of esters is 2. The van der Waals surface area contributed by atoms with Crippen molar-refractivity contribution in [3.63, 3.8) is 0 Å². The van der Waals surface area contributed by atoms with Crippen LogP contribution in [0.3, 0.4) is 0 Å². The van der Waals surface area contributed by atoms with Crippen LogP contribution < -0.4 is 5.73 Å². The summed E-state index contributed by atoms with van der Waals surface area (Å²) in [5.41, 5.74) is 6.90. The van der Waals surface area contributed by atoms with Crippen molar-refractivity contribution in [3.8, 4) is 0 Å². The Labute approximate surface area is 389 Å². The molecule has 6 N–H and O–H groups in total. The van der Waals surface area contributed by atoms with E-state index in [1.54, 1.807) is 38.1 Å². The van der Waals surface area contributed by atoms with E-state index in [9.17, 15) is 30.0 Å². The quantitative estimate of drug-likeness (QED) is 0.0919. The molecule has 0 aromatic heterocycles. The van der Waals surface area contributed by atoms with Crippen molar-refractivity contribution in [1.82, 2.24) is 0 Å². The zero-order chi connectivity index (χ0) is 45.5. The summed E-state index contributed by atoms with van der Waals surface area (Å²) in [6, 6.07) is 4.82. The van der Waals surface area contributed by atoms with Gasteiger partial charge in [-0.05, 0) is 154 Å². The lowest BCUT2D eigenvalue weighted by Crippen LogP contribution is -2.62. The molecule has 20 unspecified atom stereocenters. The van der Waals surface area contributed by atoms with Crippen LogP contribution in [0.25, 0.3) is 0 Å². The van der Waals surface area contributed by atoms with Gasteiger partial charge in [-0.3, -0.25) is 0 Å². The number of hydrogen-bond acceptors (Lipinski definition) is 15. The minimum absolute atomic E-state index is 0.00235. The molecule has 20 atom stereocenters. The number of aliphatic hydroxyl groups excluding tert-OH is 3. The molecular weight excluding hydrogens is 945 g/mol. The molecule has 64 heavy (non-hydrogen) atoms. The Morgan fingerprint density at radius 3 is 1.95 bits per heavy atom. The van der Waals surface area contributed by atoms with Gasteiger partial charge < -0.3 is 64.1 Å². The zero-order valence-corrected chi connectivity index (χ0v) is 39.8. The highest BCUT2D eigenvalue weighted by molar-refractivity contribution is 14.1. The molecule has 4 aliphatic heterocycles. The minimum Gasteiger partial charge on any atom is -0.458 e. The molecule has 0 spiro atoms. The molecule has 0 bridgehead atoms. The zero-order valence-electron chi connectivity index (χ0n) is 37.6. The second-order valence-corrected chi connectivity index (χ2v) is 22.0. The van der Waals surface area contributed by atoms with Gasteiger partial charge in [-0.15, -0.1) is 0 Å². The fourth-order valence-corrected chi connectivity index (χ4v) is 14.3. The number of halogens is 1. The van der Waals surface area contributed by atoms with Crippen LogP contribution in [0.2, 0.25) is 0 Å². The summed E-state index contributed by atoms with van der Waals surface area (Å²) in [4.78, 5) is 24.8. The normalized spacial score (nSPS) is 48.1. The van der Waals surface area contributed by atoms with Crippen LogP contribution in [0.1, 0.15) is 122 Å². The number of carbonyl (C=O) groups is 2. The predicted molar refractivity (Wildman–Crippen MR) is 238 cm³/mol. The highest BCUT2D eigenvalue weighted by Crippen LogP contribution is 2.70. The van der Waals surface area contributed by atoms with Crippen LogP contribution >= 0.6 is 22.6 Å². The number of nitrogen functional groups attached to an aromatic ring is 1.